The molecule has 0 radical (unpaired) electrons. The Morgan fingerprint density at radius 1 is 0.907 bits per heavy atom. The number of anilines is 1. The average molecular weight is 677 g/mol. The third kappa shape index (κ3) is 5.66. The number of aliphatic imine (C=N–C) groups is 1. The number of benzene rings is 5. The summed E-state index contributed by atoms with van der Waals surface area (Å²) >= 11 is 2.33. The molecule has 0 fully saturated rings. The van der Waals surface area contributed by atoms with Gasteiger partial charge >= 0.3 is 0 Å². The van der Waals surface area contributed by atoms with Crippen LogP contribution >= 0.6 is 22.6 Å². The first-order valence-corrected chi connectivity index (χ1v) is 16.0. The molecule has 2 aliphatic rings. The van der Waals surface area contributed by atoms with Gasteiger partial charge in [0, 0.05) is 17.8 Å². The molecule has 0 saturated heterocycles. The first-order chi connectivity index (χ1) is 21.2. The number of allylic oxidation sites excluding steroid dienone is 2. The van der Waals surface area contributed by atoms with Crippen molar-refractivity contribution in [2.24, 2.45) is 10.9 Å². The number of ether oxygens (including phenoxy) is 2. The van der Waals surface area contributed by atoms with Gasteiger partial charge in [-0.05, 0) is 105 Å². The summed E-state index contributed by atoms with van der Waals surface area (Å²) in [4.78, 5) is 4.81. The van der Waals surface area contributed by atoms with Gasteiger partial charge in [0.25, 0.3) is 0 Å². The van der Waals surface area contributed by atoms with Gasteiger partial charge in [0.05, 0.1) is 21.9 Å². The first-order valence-electron chi connectivity index (χ1n) is 14.9. The van der Waals surface area contributed by atoms with Crippen molar-refractivity contribution in [1.82, 2.24) is 0 Å². The average Bonchev–Trinajstić information content (AvgIpc) is 3.54. The van der Waals surface area contributed by atoms with Crippen molar-refractivity contribution in [3.05, 3.63) is 141 Å². The van der Waals surface area contributed by atoms with Crippen molar-refractivity contribution < 1.29 is 9.47 Å². The van der Waals surface area contributed by atoms with Crippen molar-refractivity contribution >= 4 is 51.0 Å². The summed E-state index contributed by atoms with van der Waals surface area (Å²) in [6.07, 6.45) is 7.72. The fraction of sp³-hybridized carbons (Fsp3) is 0.184. The summed E-state index contributed by atoms with van der Waals surface area (Å²) in [6, 6.07) is 36.5. The Morgan fingerprint density at radius 3 is 2.60 bits per heavy atom. The van der Waals surface area contributed by atoms with Crippen LogP contribution in [0.3, 0.4) is 0 Å². The van der Waals surface area contributed by atoms with Crippen molar-refractivity contribution in [3.8, 4) is 11.5 Å². The Morgan fingerprint density at radius 2 is 1.72 bits per heavy atom. The van der Waals surface area contributed by atoms with Crippen LogP contribution < -0.4 is 14.8 Å². The fourth-order valence-electron chi connectivity index (χ4n) is 6.42. The lowest BCUT2D eigenvalue weighted by Gasteiger charge is -2.37. The fourth-order valence-corrected chi connectivity index (χ4v) is 7.21. The third-order valence-corrected chi connectivity index (χ3v) is 9.27. The Bertz CT molecular complexity index is 1820. The van der Waals surface area contributed by atoms with E-state index in [2.05, 4.69) is 137 Å². The molecule has 0 bridgehead atoms. The zero-order chi connectivity index (χ0) is 29.2. The Kier molecular flexibility index (Phi) is 7.90. The molecule has 1 N–H and O–H groups in total. The SMILES string of the molecule is CCOc1cc(C=Nc2ccc([C@@H]3Nc4ccccc4[C@@H]4C=CC[C@@H]43)cc2)cc(I)c1OCc1cccc2ccccc12. The first kappa shape index (κ1) is 27.7. The molecular weight excluding hydrogens is 643 g/mol. The Hall–Kier alpha value is -4.10. The van der Waals surface area contributed by atoms with Gasteiger partial charge in [-0.15, -0.1) is 0 Å². The molecule has 0 amide bonds. The molecule has 0 aromatic heterocycles. The molecular formula is C38H33IN2O2. The smallest absolute Gasteiger partial charge is 0.175 e. The lowest BCUT2D eigenvalue weighted by Crippen LogP contribution is -2.28. The molecule has 0 spiro atoms. The van der Waals surface area contributed by atoms with Gasteiger partial charge in [0.1, 0.15) is 6.61 Å². The summed E-state index contributed by atoms with van der Waals surface area (Å²) in [5.74, 6) is 2.50. The highest BCUT2D eigenvalue weighted by Gasteiger charge is 2.37. The summed E-state index contributed by atoms with van der Waals surface area (Å²) in [5, 5.41) is 6.23. The predicted octanol–water partition coefficient (Wildman–Crippen LogP) is 10.00. The van der Waals surface area contributed by atoms with Gasteiger partial charge in [0.15, 0.2) is 11.5 Å². The molecule has 5 aromatic rings. The highest BCUT2D eigenvalue weighted by Crippen LogP contribution is 2.49. The highest BCUT2D eigenvalue weighted by atomic mass is 127. The van der Waals surface area contributed by atoms with Crippen LogP contribution in [0.2, 0.25) is 0 Å². The molecule has 5 aromatic carbocycles. The number of rotatable bonds is 8. The molecule has 5 heteroatoms. The number of hydrogen-bond acceptors (Lipinski definition) is 4. The van der Waals surface area contributed by atoms with E-state index in [0.717, 1.165) is 38.3 Å². The van der Waals surface area contributed by atoms with E-state index in [1.165, 1.54) is 27.6 Å². The largest absolute Gasteiger partial charge is 0.490 e. The van der Waals surface area contributed by atoms with Crippen molar-refractivity contribution in [2.75, 3.05) is 11.9 Å². The Balaban J connectivity index is 1.08. The van der Waals surface area contributed by atoms with E-state index in [0.29, 0.717) is 25.0 Å². The molecule has 7 rings (SSSR count). The normalized spacial score (nSPS) is 18.8. The number of fused-ring (bicyclic) bond motifs is 4. The molecule has 1 heterocycles. The van der Waals surface area contributed by atoms with Gasteiger partial charge < -0.3 is 14.8 Å². The molecule has 1 aliphatic carbocycles. The molecule has 0 unspecified atom stereocenters. The standard InChI is InChI=1S/C38H33IN2O2/c1-2-42-36-22-25(21-34(39)38(36)43-24-28-11-7-10-26-9-3-4-12-30(26)28)23-40-29-19-17-27(18-20-29)37-33-15-8-14-31(33)32-13-5-6-16-35(32)41-37/h3-14,16-23,31,33,37,41H,2,15,24H2,1H3/t31-,33-,37-/m0/s1. The van der Waals surface area contributed by atoms with E-state index in [4.69, 9.17) is 14.5 Å². The number of nitrogens with one attached hydrogen (secondary N) is 1. The topological polar surface area (TPSA) is 42.8 Å². The third-order valence-electron chi connectivity index (χ3n) is 8.47. The molecule has 3 atom stereocenters. The van der Waals surface area contributed by atoms with E-state index in [1.54, 1.807) is 0 Å². The van der Waals surface area contributed by atoms with Crippen LogP contribution in [-0.4, -0.2) is 12.8 Å². The second-order valence-corrected chi connectivity index (χ2v) is 12.3. The Labute approximate surface area is 266 Å². The van der Waals surface area contributed by atoms with E-state index in [-0.39, 0.29) is 6.04 Å². The second-order valence-electron chi connectivity index (χ2n) is 11.1. The number of para-hydroxylation sites is 1. The molecule has 214 valence electrons. The summed E-state index contributed by atoms with van der Waals surface area (Å²) in [5.41, 5.74) is 6.99. The summed E-state index contributed by atoms with van der Waals surface area (Å²) in [6.45, 7) is 3.02. The lowest BCUT2D eigenvalue weighted by atomic mass is 9.77. The van der Waals surface area contributed by atoms with Crippen LogP contribution in [0.4, 0.5) is 11.4 Å². The lowest BCUT2D eigenvalue weighted by molar-refractivity contribution is 0.268. The van der Waals surface area contributed by atoms with Crippen LogP contribution in [0.1, 0.15) is 47.6 Å². The minimum atomic E-state index is 0.282. The minimum Gasteiger partial charge on any atom is -0.490 e. The van der Waals surface area contributed by atoms with Crippen LogP contribution in [0.15, 0.2) is 120 Å². The van der Waals surface area contributed by atoms with Crippen molar-refractivity contribution in [2.45, 2.75) is 31.9 Å². The number of halogens is 1. The zero-order valence-corrected chi connectivity index (χ0v) is 26.2. The highest BCUT2D eigenvalue weighted by molar-refractivity contribution is 14.1. The molecule has 0 saturated carbocycles. The van der Waals surface area contributed by atoms with Gasteiger partial charge in [-0.3, -0.25) is 4.99 Å². The van der Waals surface area contributed by atoms with Gasteiger partial charge in [-0.2, -0.15) is 0 Å². The van der Waals surface area contributed by atoms with Crippen molar-refractivity contribution in [1.29, 1.82) is 0 Å². The van der Waals surface area contributed by atoms with Crippen molar-refractivity contribution in [3.63, 3.8) is 0 Å². The van der Waals surface area contributed by atoms with Crippen LogP contribution in [0.25, 0.3) is 10.8 Å². The maximum atomic E-state index is 6.37. The van der Waals surface area contributed by atoms with Gasteiger partial charge in [-0.25, -0.2) is 0 Å². The molecule has 43 heavy (non-hydrogen) atoms. The van der Waals surface area contributed by atoms with Crippen LogP contribution in [0.5, 0.6) is 11.5 Å². The summed E-state index contributed by atoms with van der Waals surface area (Å²) < 4.78 is 13.4. The van der Waals surface area contributed by atoms with E-state index >= 15 is 0 Å². The maximum absolute atomic E-state index is 6.37. The van der Waals surface area contributed by atoms with Gasteiger partial charge in [0.2, 0.25) is 0 Å². The zero-order valence-electron chi connectivity index (χ0n) is 24.0. The quantitative estimate of drug-likeness (QED) is 0.101. The second kappa shape index (κ2) is 12.3. The minimum absolute atomic E-state index is 0.282. The van der Waals surface area contributed by atoms with E-state index in [1.807, 2.05) is 19.2 Å². The predicted molar refractivity (Wildman–Crippen MR) is 185 cm³/mol. The number of nitrogens with zero attached hydrogens (tertiary/aromatic N) is 1. The molecule has 1 aliphatic heterocycles. The number of hydrogen-bond donors (Lipinski definition) is 1. The van der Waals surface area contributed by atoms with Gasteiger partial charge in [-0.1, -0.05) is 84.9 Å². The van der Waals surface area contributed by atoms with Crippen LogP contribution in [-0.2, 0) is 6.61 Å². The maximum Gasteiger partial charge on any atom is 0.175 e. The van der Waals surface area contributed by atoms with E-state index in [9.17, 15) is 0 Å². The van der Waals surface area contributed by atoms with E-state index < -0.39 is 0 Å². The monoisotopic (exact) mass is 676 g/mol. The summed E-state index contributed by atoms with van der Waals surface area (Å²) in [7, 11) is 0. The molecule has 4 nitrogen and oxygen atoms in total. The van der Waals surface area contributed by atoms with Crippen LogP contribution in [0, 0.1) is 9.49 Å².